The number of halogens is 1. The summed E-state index contributed by atoms with van der Waals surface area (Å²) in [5.74, 6) is -2.74. The highest BCUT2D eigenvalue weighted by atomic mass is 35.5. The average molecular weight is 757 g/mol. The first-order valence-corrected chi connectivity index (χ1v) is 17.6. The number of nitrogens with zero attached hydrogens (tertiary/aromatic N) is 4. The number of fused-ring (bicyclic) bond motifs is 4. The highest BCUT2D eigenvalue weighted by Crippen LogP contribution is 2.42. The predicted molar refractivity (Wildman–Crippen MR) is 211 cm³/mol. The van der Waals surface area contributed by atoms with Gasteiger partial charge in [0, 0.05) is 57.0 Å². The summed E-state index contributed by atoms with van der Waals surface area (Å²) < 4.78 is 0. The minimum Gasteiger partial charge on any atom is -0.505 e. The van der Waals surface area contributed by atoms with E-state index in [0.29, 0.717) is 71.8 Å². The summed E-state index contributed by atoms with van der Waals surface area (Å²) >= 11 is 6.08. The Morgan fingerprint density at radius 3 is 2.29 bits per heavy atom. The number of benzene rings is 6. The fourth-order valence-corrected chi connectivity index (χ4v) is 7.33. The van der Waals surface area contributed by atoms with Crippen molar-refractivity contribution < 1.29 is 29.1 Å². The Kier molecular flexibility index (Phi) is 7.99. The largest absolute Gasteiger partial charge is 0.505 e. The smallest absolute Gasteiger partial charge is 0.261 e. The number of likely N-dealkylation sites (N-methyl/N-ethyl adjacent to an activating group) is 1. The molecular weight excluding hydrogens is 732 g/mol. The number of anilines is 2. The van der Waals surface area contributed by atoms with Crippen molar-refractivity contribution in [3.05, 3.63) is 154 Å². The Morgan fingerprint density at radius 2 is 1.46 bits per heavy atom. The van der Waals surface area contributed by atoms with Crippen molar-refractivity contribution in [2.24, 2.45) is 15.3 Å². The molecule has 13 heteroatoms. The van der Waals surface area contributed by atoms with Crippen LogP contribution in [0.25, 0.3) is 27.5 Å². The van der Waals surface area contributed by atoms with Gasteiger partial charge >= 0.3 is 0 Å². The third kappa shape index (κ3) is 5.55. The van der Waals surface area contributed by atoms with Gasteiger partial charge in [-0.25, -0.2) is 0 Å². The molecule has 0 fully saturated rings. The van der Waals surface area contributed by atoms with Crippen LogP contribution in [0.2, 0.25) is 5.02 Å². The molecular formula is C43H25ClN6O6. The number of ketones is 2. The summed E-state index contributed by atoms with van der Waals surface area (Å²) in [6.07, 6.45) is 1.19. The van der Waals surface area contributed by atoms with Crippen LogP contribution >= 0.6 is 11.6 Å². The van der Waals surface area contributed by atoms with E-state index in [1.807, 2.05) is 0 Å². The van der Waals surface area contributed by atoms with Crippen molar-refractivity contribution in [1.82, 2.24) is 4.90 Å². The van der Waals surface area contributed by atoms with Gasteiger partial charge in [0.1, 0.15) is 11.4 Å². The number of hydrogen-bond donors (Lipinski definition) is 3. The number of imide groups is 1. The maximum absolute atomic E-state index is 13.8. The van der Waals surface area contributed by atoms with Crippen LogP contribution in [0.15, 0.2) is 131 Å². The van der Waals surface area contributed by atoms with Crippen molar-refractivity contribution in [3.63, 3.8) is 0 Å². The van der Waals surface area contributed by atoms with Crippen molar-refractivity contribution in [3.8, 4) is 16.9 Å². The van der Waals surface area contributed by atoms with Crippen molar-refractivity contribution in [2.45, 2.75) is 0 Å². The Balaban J connectivity index is 0.989. The van der Waals surface area contributed by atoms with Crippen LogP contribution in [0.5, 0.6) is 5.75 Å². The lowest BCUT2D eigenvalue weighted by Gasteiger charge is -2.29. The Morgan fingerprint density at radius 1 is 0.714 bits per heavy atom. The molecule has 1 aliphatic heterocycles. The van der Waals surface area contributed by atoms with E-state index in [4.69, 9.17) is 11.6 Å². The number of hydrogen-bond acceptors (Lipinski definition) is 10. The third-order valence-corrected chi connectivity index (χ3v) is 10.1. The molecule has 12 nitrogen and oxygen atoms in total. The molecule has 0 saturated carbocycles. The van der Waals surface area contributed by atoms with Crippen LogP contribution < -0.4 is 10.7 Å². The number of amides is 3. The average Bonchev–Trinajstić information content (AvgIpc) is 3.47. The molecule has 0 aromatic heterocycles. The molecule has 56 heavy (non-hydrogen) atoms. The quantitative estimate of drug-likeness (QED) is 0.0868. The van der Waals surface area contributed by atoms with E-state index in [0.717, 1.165) is 4.90 Å². The highest BCUT2D eigenvalue weighted by Gasteiger charge is 2.39. The summed E-state index contributed by atoms with van der Waals surface area (Å²) in [5, 5.41) is 28.8. The standard InChI is InChI=1S/C43H25ClN6O6/c1-50-42(55)30-11-5-10-29-36(30)33(43(50)56)20-35(51)37(29)48-46-24-12-14-27-28-15-13-25(19-32(28)39(52)31(27)18-24)47-49-38-26-9-3-2-6-21(26)16-34(40(38)53)41(54)45-23-8-4-7-22(44)17-23/h2-20,46,53H,1H3,(H,45,54). The van der Waals surface area contributed by atoms with E-state index in [9.17, 15) is 29.1 Å². The minimum atomic E-state index is -0.565. The summed E-state index contributed by atoms with van der Waals surface area (Å²) in [7, 11) is 1.37. The molecule has 0 unspecified atom stereocenters. The number of phenols is 1. The molecule has 0 saturated heterocycles. The topological polar surface area (TPSA) is 170 Å². The molecule has 2 aliphatic carbocycles. The molecule has 9 rings (SSSR count). The van der Waals surface area contributed by atoms with Gasteiger partial charge in [-0.2, -0.15) is 10.2 Å². The summed E-state index contributed by atoms with van der Waals surface area (Å²) in [4.78, 5) is 66.8. The SMILES string of the molecule is CN1C(=O)C2=CC(=O)C(=NNc3ccc4c(c3)C(=O)c3cc(N=Nc5c(O)c(C(=O)Nc6cccc(Cl)c6)cc6ccccc56)ccc3-4)c3cccc(c32)C1=O. The second kappa shape index (κ2) is 13.1. The summed E-state index contributed by atoms with van der Waals surface area (Å²) in [6, 6.07) is 30.4. The maximum Gasteiger partial charge on any atom is 0.261 e. The number of hydrazone groups is 1. The number of rotatable bonds is 6. The lowest BCUT2D eigenvalue weighted by molar-refractivity contribution is -0.122. The fourth-order valence-electron chi connectivity index (χ4n) is 7.14. The predicted octanol–water partition coefficient (Wildman–Crippen LogP) is 8.47. The normalized spacial score (nSPS) is 14.9. The third-order valence-electron chi connectivity index (χ3n) is 9.85. The van der Waals surface area contributed by atoms with Crippen molar-refractivity contribution in [2.75, 3.05) is 17.8 Å². The van der Waals surface area contributed by atoms with Gasteiger partial charge in [0.05, 0.1) is 22.5 Å². The number of nitrogens with one attached hydrogen (secondary N) is 2. The Hall–Kier alpha value is -7.57. The summed E-state index contributed by atoms with van der Waals surface area (Å²) in [5.41, 5.74) is 7.50. The molecule has 6 aromatic rings. The van der Waals surface area contributed by atoms with E-state index in [1.165, 1.54) is 13.1 Å². The molecule has 270 valence electrons. The lowest BCUT2D eigenvalue weighted by atomic mass is 9.82. The van der Waals surface area contributed by atoms with Gasteiger partial charge in [0.25, 0.3) is 17.7 Å². The second-order valence-corrected chi connectivity index (χ2v) is 13.7. The Bertz CT molecular complexity index is 2920. The molecule has 0 spiro atoms. The molecule has 0 bridgehead atoms. The highest BCUT2D eigenvalue weighted by molar-refractivity contribution is 6.56. The van der Waals surface area contributed by atoms with E-state index in [-0.39, 0.29) is 34.1 Å². The number of allylic oxidation sites excluding steroid dienone is 1. The lowest BCUT2D eigenvalue weighted by Crippen LogP contribution is -2.41. The zero-order valence-corrected chi connectivity index (χ0v) is 29.9. The van der Waals surface area contributed by atoms with Gasteiger partial charge in [0.2, 0.25) is 5.78 Å². The summed E-state index contributed by atoms with van der Waals surface area (Å²) in [6.45, 7) is 0. The molecule has 0 atom stereocenters. The van der Waals surface area contributed by atoms with Crippen LogP contribution in [0.4, 0.5) is 22.7 Å². The van der Waals surface area contributed by atoms with Gasteiger partial charge in [-0.3, -0.25) is 34.3 Å². The maximum atomic E-state index is 13.8. The van der Waals surface area contributed by atoms with Crippen molar-refractivity contribution >= 4 is 85.7 Å². The van der Waals surface area contributed by atoms with E-state index < -0.39 is 23.5 Å². The van der Waals surface area contributed by atoms with Crippen molar-refractivity contribution in [1.29, 1.82) is 0 Å². The van der Waals surface area contributed by atoms with Gasteiger partial charge < -0.3 is 10.4 Å². The molecule has 6 aromatic carbocycles. The first-order valence-electron chi connectivity index (χ1n) is 17.2. The molecule has 3 amide bonds. The Labute approximate surface area is 322 Å². The minimum absolute atomic E-state index is 0.0120. The molecule has 3 aliphatic rings. The van der Waals surface area contributed by atoms with Gasteiger partial charge in [0.15, 0.2) is 11.5 Å². The fraction of sp³-hybridized carbons (Fsp3) is 0.0233. The van der Waals surface area contributed by atoms with Gasteiger partial charge in [-0.15, -0.1) is 5.11 Å². The van der Waals surface area contributed by atoms with Gasteiger partial charge in [-0.05, 0) is 71.1 Å². The molecule has 1 heterocycles. The number of carbonyl (C=O) groups is 5. The van der Waals surface area contributed by atoms with Crippen LogP contribution in [0, 0.1) is 0 Å². The monoisotopic (exact) mass is 756 g/mol. The first kappa shape index (κ1) is 34.2. The van der Waals surface area contributed by atoms with Crippen LogP contribution in [-0.4, -0.2) is 52.1 Å². The second-order valence-electron chi connectivity index (χ2n) is 13.2. The molecule has 0 radical (unpaired) electrons. The van der Waals surface area contributed by atoms with Crippen LogP contribution in [0.1, 0.15) is 47.8 Å². The van der Waals surface area contributed by atoms with E-state index in [2.05, 4.69) is 26.1 Å². The number of azo groups is 1. The zero-order valence-electron chi connectivity index (χ0n) is 29.1. The first-order chi connectivity index (χ1) is 27.1. The number of phenolic OH excluding ortho intramolecular Hbond substituents is 1. The van der Waals surface area contributed by atoms with E-state index >= 15 is 0 Å². The number of aromatic hydroxyl groups is 1. The molecule has 3 N–H and O–H groups in total. The van der Waals surface area contributed by atoms with Crippen LogP contribution in [0.3, 0.4) is 0 Å². The number of carbonyl (C=O) groups excluding carboxylic acids is 5. The van der Waals surface area contributed by atoms with E-state index in [1.54, 1.807) is 109 Å². The van der Waals surface area contributed by atoms with Gasteiger partial charge in [-0.1, -0.05) is 66.2 Å². The zero-order chi connectivity index (χ0) is 38.8. The van der Waals surface area contributed by atoms with Crippen LogP contribution in [-0.2, 0) is 9.59 Å².